The van der Waals surface area contributed by atoms with Gasteiger partial charge in [0, 0.05) is 0 Å². The number of hydrogen-bond acceptors (Lipinski definition) is 1. The summed E-state index contributed by atoms with van der Waals surface area (Å²) in [5.74, 6) is 0. The van der Waals surface area contributed by atoms with Crippen LogP contribution in [0.1, 0.15) is 0 Å². The summed E-state index contributed by atoms with van der Waals surface area (Å²) in [6.07, 6.45) is 0. The molecule has 0 aromatic carbocycles. The highest BCUT2D eigenvalue weighted by Crippen LogP contribution is 2.34. The van der Waals surface area contributed by atoms with Gasteiger partial charge < -0.3 is 4.55 Å². The Kier molecular flexibility index (Phi) is 4.11. The van der Waals surface area contributed by atoms with Crippen molar-refractivity contribution >= 4 is 57.5 Å². The molecule has 0 bridgehead atoms. The Morgan fingerprint density at radius 3 is 1.78 bits per heavy atom. The van der Waals surface area contributed by atoms with E-state index in [2.05, 4.69) is 0 Å². The van der Waals surface area contributed by atoms with Crippen LogP contribution in [0.15, 0.2) is 0 Å². The molecular weight excluding hydrogens is 230 g/mol. The van der Waals surface area contributed by atoms with Crippen LogP contribution in [0.2, 0.25) is 0 Å². The number of rotatable bonds is 1. The molecule has 56 valence electrons. The van der Waals surface area contributed by atoms with Crippen LogP contribution >= 0.6 is 46.4 Å². The number of halogens is 4. The summed E-state index contributed by atoms with van der Waals surface area (Å²) in [7, 11) is 0. The van der Waals surface area contributed by atoms with Crippen LogP contribution in [0.25, 0.3) is 0 Å². The average Bonchev–Trinajstić information content (AvgIpc) is 1.62. The standard InChI is InChI=1S/C2H2Cl4O2S/c3-1(9(7)8)2(4,5)6/h1H,(H,7,8). The largest absolute Gasteiger partial charge is 0.305 e. The Labute approximate surface area is 74.7 Å². The van der Waals surface area contributed by atoms with Gasteiger partial charge in [0.25, 0.3) is 0 Å². The van der Waals surface area contributed by atoms with E-state index < -0.39 is 19.6 Å². The van der Waals surface area contributed by atoms with Crippen LogP contribution in [0.3, 0.4) is 0 Å². The zero-order valence-corrected chi connectivity index (χ0v) is 7.69. The minimum Gasteiger partial charge on any atom is -0.305 e. The molecule has 0 aromatic rings. The summed E-state index contributed by atoms with van der Waals surface area (Å²) in [6, 6.07) is 0. The third-order valence-corrected chi connectivity index (χ3v) is 3.30. The van der Waals surface area contributed by atoms with E-state index in [1.54, 1.807) is 0 Å². The molecule has 0 aromatic heterocycles. The predicted molar refractivity (Wildman–Crippen MR) is 40.7 cm³/mol. The molecule has 0 saturated heterocycles. The van der Waals surface area contributed by atoms with Crippen LogP contribution < -0.4 is 0 Å². The molecule has 0 aliphatic rings. The molecule has 2 nitrogen and oxygen atoms in total. The van der Waals surface area contributed by atoms with Crippen molar-refractivity contribution in [3.8, 4) is 0 Å². The van der Waals surface area contributed by atoms with Crippen molar-refractivity contribution in [1.29, 1.82) is 0 Å². The first-order valence-electron chi connectivity index (χ1n) is 1.66. The second kappa shape index (κ2) is 3.60. The SMILES string of the molecule is O=S(O)C(Cl)C(Cl)(Cl)Cl. The van der Waals surface area contributed by atoms with Crippen molar-refractivity contribution in [2.24, 2.45) is 0 Å². The average molecular weight is 232 g/mol. The maximum atomic E-state index is 10.1. The molecule has 7 heteroatoms. The van der Waals surface area contributed by atoms with Crippen LogP contribution in [-0.4, -0.2) is 17.3 Å². The van der Waals surface area contributed by atoms with Gasteiger partial charge in [0.15, 0.2) is 15.8 Å². The molecule has 2 unspecified atom stereocenters. The molecule has 0 radical (unpaired) electrons. The van der Waals surface area contributed by atoms with E-state index in [9.17, 15) is 4.21 Å². The lowest BCUT2D eigenvalue weighted by molar-refractivity contribution is 0.560. The smallest absolute Gasteiger partial charge is 0.220 e. The predicted octanol–water partition coefficient (Wildman–Crippen LogP) is 2.14. The molecule has 1 N–H and O–H groups in total. The monoisotopic (exact) mass is 230 g/mol. The van der Waals surface area contributed by atoms with Crippen LogP contribution in [0.5, 0.6) is 0 Å². The highest BCUT2D eigenvalue weighted by atomic mass is 35.6. The lowest BCUT2D eigenvalue weighted by Gasteiger charge is -2.12. The maximum absolute atomic E-state index is 10.1. The molecular formula is C2H2Cl4O2S. The fourth-order valence-electron chi connectivity index (χ4n) is 0.114. The summed E-state index contributed by atoms with van der Waals surface area (Å²) in [5.41, 5.74) is 0. The van der Waals surface area contributed by atoms with Crippen molar-refractivity contribution in [1.82, 2.24) is 0 Å². The summed E-state index contributed by atoms with van der Waals surface area (Å²) >= 11 is 18.2. The van der Waals surface area contributed by atoms with Gasteiger partial charge in [-0.05, 0) is 0 Å². The van der Waals surface area contributed by atoms with E-state index in [0.717, 1.165) is 0 Å². The normalized spacial score (nSPS) is 19.2. The van der Waals surface area contributed by atoms with Gasteiger partial charge >= 0.3 is 0 Å². The van der Waals surface area contributed by atoms with Gasteiger partial charge in [-0.2, -0.15) is 0 Å². The van der Waals surface area contributed by atoms with Crippen molar-refractivity contribution in [2.45, 2.75) is 8.50 Å². The molecule has 0 aliphatic carbocycles. The lowest BCUT2D eigenvalue weighted by atomic mass is 10.9. The van der Waals surface area contributed by atoms with E-state index >= 15 is 0 Å². The fraction of sp³-hybridized carbons (Fsp3) is 1.00. The number of hydrogen-bond donors (Lipinski definition) is 1. The van der Waals surface area contributed by atoms with Crippen LogP contribution in [0, 0.1) is 0 Å². The second-order valence-electron chi connectivity index (χ2n) is 1.13. The van der Waals surface area contributed by atoms with Crippen molar-refractivity contribution < 1.29 is 8.76 Å². The third-order valence-electron chi connectivity index (χ3n) is 0.434. The van der Waals surface area contributed by atoms with E-state index in [1.807, 2.05) is 0 Å². The van der Waals surface area contributed by atoms with Gasteiger partial charge in [-0.25, -0.2) is 4.21 Å². The highest BCUT2D eigenvalue weighted by Gasteiger charge is 2.35. The van der Waals surface area contributed by atoms with Gasteiger partial charge in [0.1, 0.15) is 0 Å². The minimum absolute atomic E-state index is 1.39. The van der Waals surface area contributed by atoms with Gasteiger partial charge in [0.05, 0.1) is 0 Å². The van der Waals surface area contributed by atoms with Gasteiger partial charge in [-0.1, -0.05) is 34.8 Å². The molecule has 0 aliphatic heterocycles. The molecule has 0 fully saturated rings. The van der Waals surface area contributed by atoms with E-state index in [4.69, 9.17) is 51.0 Å². The van der Waals surface area contributed by atoms with Gasteiger partial charge in [0.2, 0.25) is 3.79 Å². The van der Waals surface area contributed by atoms with Gasteiger partial charge in [-0.3, -0.25) is 0 Å². The highest BCUT2D eigenvalue weighted by molar-refractivity contribution is 7.81. The Balaban J connectivity index is 4.04. The Bertz CT molecular complexity index is 120. The zero-order valence-electron chi connectivity index (χ0n) is 3.85. The Morgan fingerprint density at radius 1 is 1.44 bits per heavy atom. The number of alkyl halides is 4. The van der Waals surface area contributed by atoms with Crippen molar-refractivity contribution in [2.75, 3.05) is 0 Å². The molecule has 0 heterocycles. The lowest BCUT2D eigenvalue weighted by Crippen LogP contribution is -2.23. The first kappa shape index (κ1) is 10.3. The summed E-state index contributed by atoms with van der Waals surface area (Å²) in [6.45, 7) is 0. The summed E-state index contributed by atoms with van der Waals surface area (Å²) in [5, 5.41) is 0. The fourth-order valence-corrected chi connectivity index (χ4v) is 1.03. The van der Waals surface area contributed by atoms with Crippen molar-refractivity contribution in [3.05, 3.63) is 0 Å². The minimum atomic E-state index is -2.31. The van der Waals surface area contributed by atoms with E-state index in [-0.39, 0.29) is 0 Å². The second-order valence-corrected chi connectivity index (χ2v) is 5.22. The first-order chi connectivity index (χ1) is 3.85. The molecule has 0 saturated carbocycles. The van der Waals surface area contributed by atoms with E-state index in [1.165, 1.54) is 0 Å². The quantitative estimate of drug-likeness (QED) is 0.555. The summed E-state index contributed by atoms with van der Waals surface area (Å²) < 4.78 is 15.0. The van der Waals surface area contributed by atoms with Crippen molar-refractivity contribution in [3.63, 3.8) is 0 Å². The van der Waals surface area contributed by atoms with Crippen LogP contribution in [-0.2, 0) is 11.1 Å². The molecule has 0 spiro atoms. The topological polar surface area (TPSA) is 37.3 Å². The first-order valence-corrected chi connectivity index (χ1v) is 4.40. The Morgan fingerprint density at radius 2 is 1.78 bits per heavy atom. The molecule has 2 atom stereocenters. The zero-order chi connectivity index (χ0) is 7.65. The Hall–Kier alpha value is 1.27. The van der Waals surface area contributed by atoms with E-state index in [0.29, 0.717) is 0 Å². The third kappa shape index (κ3) is 3.86. The summed E-state index contributed by atoms with van der Waals surface area (Å²) in [4.78, 5) is 0. The molecule has 9 heavy (non-hydrogen) atoms. The van der Waals surface area contributed by atoms with Crippen LogP contribution in [0.4, 0.5) is 0 Å². The maximum Gasteiger partial charge on any atom is 0.220 e. The van der Waals surface area contributed by atoms with Gasteiger partial charge in [-0.15, -0.1) is 11.6 Å². The molecule has 0 rings (SSSR count). The molecule has 0 amide bonds.